The van der Waals surface area contributed by atoms with Crippen LogP contribution in [0, 0.1) is 5.82 Å². The Hall–Kier alpha value is -1.75. The highest BCUT2D eigenvalue weighted by Crippen LogP contribution is 2.29. The Morgan fingerprint density at radius 1 is 1.32 bits per heavy atom. The Kier molecular flexibility index (Phi) is 4.27. The minimum Gasteiger partial charge on any atom is -0.494 e. The van der Waals surface area contributed by atoms with Gasteiger partial charge in [-0.1, -0.05) is 6.92 Å². The lowest BCUT2D eigenvalue weighted by Gasteiger charge is -2.11. The zero-order valence-corrected chi connectivity index (χ0v) is 11.8. The molecule has 0 aliphatic rings. The van der Waals surface area contributed by atoms with Crippen molar-refractivity contribution in [3.63, 3.8) is 0 Å². The number of nitrogens with two attached hydrogens (primary N) is 1. The van der Waals surface area contributed by atoms with E-state index in [1.54, 1.807) is 17.4 Å². The molecule has 0 bridgehead atoms. The first-order chi connectivity index (χ1) is 9.13. The second kappa shape index (κ2) is 5.93. The summed E-state index contributed by atoms with van der Waals surface area (Å²) in [4.78, 5) is 2.57. The fraction of sp³-hybridized carbons (Fsp3) is 0.286. The van der Waals surface area contributed by atoms with Gasteiger partial charge in [-0.15, -0.1) is 11.3 Å². The number of benzene rings is 1. The van der Waals surface area contributed by atoms with E-state index in [1.165, 1.54) is 22.9 Å². The Bertz CT molecular complexity index is 569. The maximum atomic E-state index is 13.4. The van der Waals surface area contributed by atoms with Crippen molar-refractivity contribution in [3.05, 3.63) is 39.8 Å². The van der Waals surface area contributed by atoms with Crippen molar-refractivity contribution < 1.29 is 9.13 Å². The molecule has 1 aromatic heterocycles. The van der Waals surface area contributed by atoms with E-state index in [1.807, 2.05) is 0 Å². The molecule has 0 spiro atoms. The van der Waals surface area contributed by atoms with Crippen LogP contribution < -0.4 is 15.8 Å². The molecular formula is C14H17FN2OS. The molecule has 0 radical (unpaired) electrons. The highest BCUT2D eigenvalue weighted by atomic mass is 32.1. The van der Waals surface area contributed by atoms with Gasteiger partial charge in [0.1, 0.15) is 0 Å². The van der Waals surface area contributed by atoms with Crippen LogP contribution in [0.3, 0.4) is 0 Å². The molecule has 0 unspecified atom stereocenters. The van der Waals surface area contributed by atoms with Gasteiger partial charge in [-0.2, -0.15) is 0 Å². The fourth-order valence-electron chi connectivity index (χ4n) is 1.77. The minimum absolute atomic E-state index is 0.192. The molecule has 1 heterocycles. The number of hydrogen-bond acceptors (Lipinski definition) is 4. The normalized spacial score (nSPS) is 10.5. The molecule has 2 rings (SSSR count). The zero-order valence-electron chi connectivity index (χ0n) is 11.0. The van der Waals surface area contributed by atoms with Gasteiger partial charge in [0.05, 0.1) is 18.5 Å². The van der Waals surface area contributed by atoms with E-state index in [4.69, 9.17) is 10.5 Å². The van der Waals surface area contributed by atoms with E-state index < -0.39 is 5.82 Å². The van der Waals surface area contributed by atoms with E-state index in [2.05, 4.69) is 24.4 Å². The summed E-state index contributed by atoms with van der Waals surface area (Å²) in [5.74, 6) is -0.257. The Balaban J connectivity index is 2.10. The molecule has 3 nitrogen and oxygen atoms in total. The summed E-state index contributed by atoms with van der Waals surface area (Å²) in [7, 11) is 1.44. The van der Waals surface area contributed by atoms with E-state index in [0.29, 0.717) is 17.9 Å². The lowest BCUT2D eigenvalue weighted by molar-refractivity contribution is 0.387. The molecule has 0 fully saturated rings. The average Bonchev–Trinajstić information content (AvgIpc) is 2.86. The summed E-state index contributed by atoms with van der Waals surface area (Å²) < 4.78 is 18.4. The van der Waals surface area contributed by atoms with Gasteiger partial charge >= 0.3 is 0 Å². The predicted molar refractivity (Wildman–Crippen MR) is 78.4 cm³/mol. The number of nitrogen functional groups attached to an aromatic ring is 1. The first-order valence-electron chi connectivity index (χ1n) is 6.08. The first kappa shape index (κ1) is 13.7. The van der Waals surface area contributed by atoms with Crippen LogP contribution in [0.25, 0.3) is 0 Å². The van der Waals surface area contributed by atoms with Crippen molar-refractivity contribution in [1.82, 2.24) is 0 Å². The van der Waals surface area contributed by atoms with Crippen LogP contribution in [0.5, 0.6) is 5.75 Å². The molecule has 2 aromatic rings. The van der Waals surface area contributed by atoms with Crippen LogP contribution in [0.2, 0.25) is 0 Å². The molecule has 5 heteroatoms. The topological polar surface area (TPSA) is 47.3 Å². The number of rotatable bonds is 5. The molecule has 19 heavy (non-hydrogen) atoms. The van der Waals surface area contributed by atoms with Crippen LogP contribution in [0.4, 0.5) is 15.8 Å². The number of ether oxygens (including phenoxy) is 1. The van der Waals surface area contributed by atoms with Gasteiger partial charge in [0.15, 0.2) is 11.6 Å². The Labute approximate surface area is 116 Å². The Morgan fingerprint density at radius 3 is 2.68 bits per heavy atom. The molecule has 0 aliphatic heterocycles. The summed E-state index contributed by atoms with van der Waals surface area (Å²) in [5, 5.41) is 3.21. The lowest BCUT2D eigenvalue weighted by Crippen LogP contribution is -2.03. The van der Waals surface area contributed by atoms with Crippen molar-refractivity contribution in [3.8, 4) is 5.75 Å². The molecular weight excluding hydrogens is 263 g/mol. The predicted octanol–water partition coefficient (Wildman–Crippen LogP) is 3.65. The molecule has 0 amide bonds. The maximum Gasteiger partial charge on any atom is 0.167 e. The van der Waals surface area contributed by atoms with Crippen LogP contribution >= 0.6 is 11.3 Å². The second-order valence-corrected chi connectivity index (χ2v) is 5.40. The quantitative estimate of drug-likeness (QED) is 0.822. The lowest BCUT2D eigenvalue weighted by atomic mass is 10.2. The molecule has 1 aromatic carbocycles. The number of anilines is 2. The van der Waals surface area contributed by atoms with Gasteiger partial charge in [0.2, 0.25) is 0 Å². The number of methoxy groups -OCH3 is 1. The van der Waals surface area contributed by atoms with E-state index in [-0.39, 0.29) is 5.75 Å². The number of thiophene rings is 1. The summed E-state index contributed by atoms with van der Waals surface area (Å²) in [6.07, 6.45) is 1.04. The number of halogens is 1. The molecule has 0 saturated carbocycles. The van der Waals surface area contributed by atoms with Crippen molar-refractivity contribution in [1.29, 1.82) is 0 Å². The number of hydrogen-bond donors (Lipinski definition) is 2. The van der Waals surface area contributed by atoms with E-state index in [9.17, 15) is 4.39 Å². The van der Waals surface area contributed by atoms with Gasteiger partial charge in [-0.3, -0.25) is 0 Å². The summed E-state index contributed by atoms with van der Waals surface area (Å²) >= 11 is 1.76. The fourth-order valence-corrected chi connectivity index (χ4v) is 2.67. The van der Waals surface area contributed by atoms with Crippen molar-refractivity contribution >= 4 is 22.7 Å². The van der Waals surface area contributed by atoms with E-state index in [0.717, 1.165) is 6.42 Å². The molecule has 0 atom stereocenters. The number of aryl methyl sites for hydroxylation is 1. The molecule has 0 saturated heterocycles. The molecule has 0 aliphatic carbocycles. The molecule has 3 N–H and O–H groups in total. The zero-order chi connectivity index (χ0) is 13.8. The SMILES string of the molecule is CCc1ccc(CNc2cc(OC)c(F)cc2N)s1. The summed E-state index contributed by atoms with van der Waals surface area (Å²) in [6.45, 7) is 2.80. The minimum atomic E-state index is -0.449. The average molecular weight is 280 g/mol. The third-order valence-electron chi connectivity index (χ3n) is 2.84. The smallest absolute Gasteiger partial charge is 0.167 e. The third kappa shape index (κ3) is 3.17. The van der Waals surface area contributed by atoms with Gasteiger partial charge in [0, 0.05) is 28.4 Å². The summed E-state index contributed by atoms with van der Waals surface area (Å²) in [5.41, 5.74) is 6.85. The summed E-state index contributed by atoms with van der Waals surface area (Å²) in [6, 6.07) is 7.07. The standard InChI is InChI=1S/C14H17FN2OS/c1-3-9-4-5-10(19-9)8-17-13-7-14(18-2)11(15)6-12(13)16/h4-7,17H,3,8,16H2,1-2H3. The van der Waals surface area contributed by atoms with Crippen molar-refractivity contribution in [2.24, 2.45) is 0 Å². The van der Waals surface area contributed by atoms with Crippen molar-refractivity contribution in [2.45, 2.75) is 19.9 Å². The molecule has 102 valence electrons. The second-order valence-electron chi connectivity index (χ2n) is 4.15. The first-order valence-corrected chi connectivity index (χ1v) is 6.90. The Morgan fingerprint density at radius 2 is 2.05 bits per heavy atom. The van der Waals surface area contributed by atoms with Crippen LogP contribution in [-0.2, 0) is 13.0 Å². The van der Waals surface area contributed by atoms with Crippen LogP contribution in [0.1, 0.15) is 16.7 Å². The van der Waals surface area contributed by atoms with Crippen LogP contribution in [0.15, 0.2) is 24.3 Å². The maximum absolute atomic E-state index is 13.4. The van der Waals surface area contributed by atoms with Crippen LogP contribution in [-0.4, -0.2) is 7.11 Å². The van der Waals surface area contributed by atoms with Gasteiger partial charge in [-0.05, 0) is 18.6 Å². The van der Waals surface area contributed by atoms with Gasteiger partial charge < -0.3 is 15.8 Å². The monoisotopic (exact) mass is 280 g/mol. The van der Waals surface area contributed by atoms with E-state index >= 15 is 0 Å². The number of nitrogens with one attached hydrogen (secondary N) is 1. The largest absolute Gasteiger partial charge is 0.494 e. The third-order valence-corrected chi connectivity index (χ3v) is 4.07. The van der Waals surface area contributed by atoms with Crippen molar-refractivity contribution in [2.75, 3.05) is 18.2 Å². The highest BCUT2D eigenvalue weighted by molar-refractivity contribution is 7.12. The highest BCUT2D eigenvalue weighted by Gasteiger charge is 2.08. The van der Waals surface area contributed by atoms with Gasteiger partial charge in [-0.25, -0.2) is 4.39 Å². The van der Waals surface area contributed by atoms with Gasteiger partial charge in [0.25, 0.3) is 0 Å².